The molecule has 120 valence electrons. The maximum absolute atomic E-state index is 12.5. The fourth-order valence-electron chi connectivity index (χ4n) is 2.46. The molecule has 0 aliphatic carbocycles. The summed E-state index contributed by atoms with van der Waals surface area (Å²) in [5.74, 6) is -0.474. The lowest BCUT2D eigenvalue weighted by Gasteiger charge is -2.32. The van der Waals surface area contributed by atoms with Crippen LogP contribution in [0.3, 0.4) is 0 Å². The van der Waals surface area contributed by atoms with E-state index >= 15 is 0 Å². The Balaban J connectivity index is 1.98. The Bertz CT molecular complexity index is 555. The van der Waals surface area contributed by atoms with Crippen molar-refractivity contribution in [1.82, 2.24) is 10.2 Å². The Morgan fingerprint density at radius 3 is 2.41 bits per heavy atom. The Labute approximate surface area is 126 Å². The number of carbonyl (C=O) groups is 2. The van der Waals surface area contributed by atoms with Gasteiger partial charge in [-0.2, -0.15) is 13.2 Å². The molecule has 1 aliphatic heterocycles. The summed E-state index contributed by atoms with van der Waals surface area (Å²) >= 11 is 0. The van der Waals surface area contributed by atoms with Crippen LogP contribution in [-0.4, -0.2) is 35.8 Å². The normalized spacial score (nSPS) is 18.9. The van der Waals surface area contributed by atoms with Crippen LogP contribution in [0.25, 0.3) is 0 Å². The second-order valence-electron chi connectivity index (χ2n) is 5.35. The van der Waals surface area contributed by atoms with E-state index < -0.39 is 17.6 Å². The zero-order chi connectivity index (χ0) is 16.3. The third kappa shape index (κ3) is 3.99. The maximum Gasteiger partial charge on any atom is 0.416 e. The average molecular weight is 314 g/mol. The zero-order valence-corrected chi connectivity index (χ0v) is 12.1. The predicted molar refractivity (Wildman–Crippen MR) is 74.2 cm³/mol. The first-order chi connectivity index (χ1) is 10.3. The minimum Gasteiger partial charge on any atom is -0.348 e. The first-order valence-corrected chi connectivity index (χ1v) is 7.01. The summed E-state index contributed by atoms with van der Waals surface area (Å²) in [6.07, 6.45) is -2.88. The SMILES string of the molecule is CC(=O)N1CCCC(NC(=O)c2ccc(C(F)(F)F)cc2)C1. The van der Waals surface area contributed by atoms with Gasteiger partial charge in [-0.15, -0.1) is 0 Å². The molecule has 2 amide bonds. The highest BCUT2D eigenvalue weighted by Crippen LogP contribution is 2.29. The van der Waals surface area contributed by atoms with Gasteiger partial charge in [0.15, 0.2) is 0 Å². The molecule has 2 rings (SSSR count). The molecule has 1 aromatic rings. The van der Waals surface area contributed by atoms with Gasteiger partial charge in [-0.25, -0.2) is 0 Å². The summed E-state index contributed by atoms with van der Waals surface area (Å²) in [7, 11) is 0. The molecule has 1 N–H and O–H groups in total. The van der Waals surface area contributed by atoms with Crippen molar-refractivity contribution in [2.24, 2.45) is 0 Å². The highest BCUT2D eigenvalue weighted by atomic mass is 19.4. The van der Waals surface area contributed by atoms with Crippen LogP contribution < -0.4 is 5.32 Å². The fourth-order valence-corrected chi connectivity index (χ4v) is 2.46. The molecule has 7 heteroatoms. The van der Waals surface area contributed by atoms with Gasteiger partial charge in [-0.05, 0) is 37.1 Å². The topological polar surface area (TPSA) is 49.4 Å². The standard InChI is InChI=1S/C15H17F3N2O2/c1-10(21)20-8-2-3-13(9-20)19-14(22)11-4-6-12(7-5-11)15(16,17)18/h4-7,13H,2-3,8-9H2,1H3,(H,19,22). The Morgan fingerprint density at radius 2 is 1.86 bits per heavy atom. The van der Waals surface area contributed by atoms with Gasteiger partial charge in [0.25, 0.3) is 5.91 Å². The van der Waals surface area contributed by atoms with E-state index in [1.54, 1.807) is 4.90 Å². The summed E-state index contributed by atoms with van der Waals surface area (Å²) in [5, 5.41) is 2.76. The molecular weight excluding hydrogens is 297 g/mol. The van der Waals surface area contributed by atoms with Crippen molar-refractivity contribution in [2.45, 2.75) is 32.0 Å². The van der Waals surface area contributed by atoms with Crippen molar-refractivity contribution in [3.05, 3.63) is 35.4 Å². The lowest BCUT2D eigenvalue weighted by Crippen LogP contribution is -2.49. The van der Waals surface area contributed by atoms with Gasteiger partial charge < -0.3 is 10.2 Å². The first kappa shape index (κ1) is 16.3. The van der Waals surface area contributed by atoms with Crippen LogP contribution in [0.5, 0.6) is 0 Å². The lowest BCUT2D eigenvalue weighted by molar-refractivity contribution is -0.137. The number of benzene rings is 1. The molecule has 22 heavy (non-hydrogen) atoms. The number of likely N-dealkylation sites (tertiary alicyclic amines) is 1. The van der Waals surface area contributed by atoms with Crippen molar-refractivity contribution in [2.75, 3.05) is 13.1 Å². The minimum atomic E-state index is -4.42. The van der Waals surface area contributed by atoms with Gasteiger partial charge in [0.1, 0.15) is 0 Å². The van der Waals surface area contributed by atoms with Crippen molar-refractivity contribution >= 4 is 11.8 Å². The second kappa shape index (κ2) is 6.37. The largest absolute Gasteiger partial charge is 0.416 e. The summed E-state index contributed by atoms with van der Waals surface area (Å²) in [6.45, 7) is 2.57. The van der Waals surface area contributed by atoms with Crippen LogP contribution in [0.15, 0.2) is 24.3 Å². The minimum absolute atomic E-state index is 0.0477. The van der Waals surface area contributed by atoms with Gasteiger partial charge in [-0.3, -0.25) is 9.59 Å². The number of alkyl halides is 3. The summed E-state index contributed by atoms with van der Waals surface area (Å²) in [5.41, 5.74) is -0.614. The number of nitrogens with one attached hydrogen (secondary N) is 1. The molecule has 0 bridgehead atoms. The van der Waals surface area contributed by atoms with E-state index in [-0.39, 0.29) is 17.5 Å². The molecule has 1 heterocycles. The monoisotopic (exact) mass is 314 g/mol. The lowest BCUT2D eigenvalue weighted by atomic mass is 10.0. The number of hydrogen-bond acceptors (Lipinski definition) is 2. The van der Waals surface area contributed by atoms with Crippen molar-refractivity contribution in [1.29, 1.82) is 0 Å². The van der Waals surface area contributed by atoms with E-state index in [1.165, 1.54) is 6.92 Å². The van der Waals surface area contributed by atoms with Crippen LogP contribution in [0.4, 0.5) is 13.2 Å². The average Bonchev–Trinajstić information content (AvgIpc) is 2.46. The molecule has 0 saturated carbocycles. The Kier molecular flexibility index (Phi) is 4.73. The van der Waals surface area contributed by atoms with Crippen LogP contribution in [0.2, 0.25) is 0 Å². The number of hydrogen-bond donors (Lipinski definition) is 1. The molecule has 1 aliphatic rings. The molecule has 0 aromatic heterocycles. The fraction of sp³-hybridized carbons (Fsp3) is 0.467. The van der Waals surface area contributed by atoms with E-state index in [4.69, 9.17) is 0 Å². The van der Waals surface area contributed by atoms with Gasteiger partial charge in [0.2, 0.25) is 5.91 Å². The smallest absolute Gasteiger partial charge is 0.348 e. The van der Waals surface area contributed by atoms with Crippen LogP contribution in [-0.2, 0) is 11.0 Å². The number of rotatable bonds is 2. The van der Waals surface area contributed by atoms with E-state index in [2.05, 4.69) is 5.32 Å². The third-order valence-electron chi connectivity index (χ3n) is 3.68. The zero-order valence-electron chi connectivity index (χ0n) is 12.1. The number of carbonyl (C=O) groups excluding carboxylic acids is 2. The van der Waals surface area contributed by atoms with E-state index in [0.29, 0.717) is 13.1 Å². The molecular formula is C15H17F3N2O2. The summed E-state index contributed by atoms with van der Waals surface area (Å²) in [6, 6.07) is 3.91. The quantitative estimate of drug-likeness (QED) is 0.911. The Morgan fingerprint density at radius 1 is 1.23 bits per heavy atom. The maximum atomic E-state index is 12.5. The summed E-state index contributed by atoms with van der Waals surface area (Å²) in [4.78, 5) is 25.0. The van der Waals surface area contributed by atoms with Gasteiger partial charge in [0.05, 0.1) is 5.56 Å². The van der Waals surface area contributed by atoms with Gasteiger partial charge in [-0.1, -0.05) is 0 Å². The number of piperidine rings is 1. The molecule has 4 nitrogen and oxygen atoms in total. The Hall–Kier alpha value is -2.05. The van der Waals surface area contributed by atoms with Gasteiger partial charge in [0, 0.05) is 31.6 Å². The number of nitrogens with zero attached hydrogens (tertiary/aromatic N) is 1. The predicted octanol–water partition coefficient (Wildman–Crippen LogP) is 2.45. The highest BCUT2D eigenvalue weighted by Gasteiger charge is 2.30. The van der Waals surface area contributed by atoms with Crippen LogP contribution in [0, 0.1) is 0 Å². The van der Waals surface area contributed by atoms with Crippen LogP contribution >= 0.6 is 0 Å². The molecule has 1 unspecified atom stereocenters. The van der Waals surface area contributed by atoms with E-state index in [1.807, 2.05) is 0 Å². The van der Waals surface area contributed by atoms with E-state index in [9.17, 15) is 22.8 Å². The molecule has 1 atom stereocenters. The first-order valence-electron chi connectivity index (χ1n) is 7.01. The second-order valence-corrected chi connectivity index (χ2v) is 5.35. The third-order valence-corrected chi connectivity index (χ3v) is 3.68. The molecule has 0 radical (unpaired) electrons. The molecule has 1 saturated heterocycles. The van der Waals surface area contributed by atoms with E-state index in [0.717, 1.165) is 37.1 Å². The number of amides is 2. The van der Waals surface area contributed by atoms with Crippen molar-refractivity contribution in [3.63, 3.8) is 0 Å². The molecule has 1 aromatic carbocycles. The number of halogens is 3. The van der Waals surface area contributed by atoms with Crippen LogP contribution in [0.1, 0.15) is 35.7 Å². The highest BCUT2D eigenvalue weighted by molar-refractivity contribution is 5.94. The summed E-state index contributed by atoms with van der Waals surface area (Å²) < 4.78 is 37.4. The van der Waals surface area contributed by atoms with Gasteiger partial charge >= 0.3 is 6.18 Å². The van der Waals surface area contributed by atoms with Crippen molar-refractivity contribution < 1.29 is 22.8 Å². The van der Waals surface area contributed by atoms with Crippen molar-refractivity contribution in [3.8, 4) is 0 Å². The molecule has 1 fully saturated rings. The molecule has 0 spiro atoms.